The smallest absolute Gasteiger partial charge is 0.209 e. The number of sulfonamides is 1. The normalized spacial score (nSPS) is 11.4. The molecule has 2 rings (SSSR count). The van der Waals surface area contributed by atoms with Crippen LogP contribution < -0.4 is 4.72 Å². The molecule has 0 atom stereocenters. The Kier molecular flexibility index (Phi) is 3.79. The van der Waals surface area contributed by atoms with Gasteiger partial charge in [-0.2, -0.15) is 0 Å². The molecule has 3 nitrogen and oxygen atoms in total. The van der Waals surface area contributed by atoms with Crippen molar-refractivity contribution in [2.75, 3.05) is 6.26 Å². The van der Waals surface area contributed by atoms with Crippen molar-refractivity contribution in [1.82, 2.24) is 4.72 Å². The van der Waals surface area contributed by atoms with E-state index in [0.29, 0.717) is 6.54 Å². The van der Waals surface area contributed by atoms with Gasteiger partial charge in [-0.3, -0.25) is 0 Å². The summed E-state index contributed by atoms with van der Waals surface area (Å²) in [6.45, 7) is 0.309. The van der Waals surface area contributed by atoms with Crippen molar-refractivity contribution >= 4 is 10.0 Å². The zero-order valence-electron chi connectivity index (χ0n) is 10.1. The van der Waals surface area contributed by atoms with Crippen LogP contribution in [0, 0.1) is 6.07 Å². The van der Waals surface area contributed by atoms with Crippen LogP contribution in [0.3, 0.4) is 0 Å². The predicted octanol–water partition coefficient (Wildman–Crippen LogP) is 2.20. The van der Waals surface area contributed by atoms with Crippen molar-refractivity contribution < 1.29 is 8.42 Å². The first-order valence-corrected chi connectivity index (χ1v) is 7.44. The predicted molar refractivity (Wildman–Crippen MR) is 72.4 cm³/mol. The van der Waals surface area contributed by atoms with Gasteiger partial charge in [0.1, 0.15) is 0 Å². The number of hydrogen-bond donors (Lipinski definition) is 1. The summed E-state index contributed by atoms with van der Waals surface area (Å²) in [5.41, 5.74) is 3.06. The number of benzene rings is 2. The lowest BCUT2D eigenvalue weighted by molar-refractivity contribution is 0.587. The lowest BCUT2D eigenvalue weighted by atomic mass is 10.0. The zero-order valence-corrected chi connectivity index (χ0v) is 10.9. The van der Waals surface area contributed by atoms with E-state index in [4.69, 9.17) is 0 Å². The quantitative estimate of drug-likeness (QED) is 0.916. The molecule has 18 heavy (non-hydrogen) atoms. The molecule has 1 N–H and O–H groups in total. The van der Waals surface area contributed by atoms with E-state index in [1.54, 1.807) is 0 Å². The molecule has 0 aromatic heterocycles. The highest BCUT2D eigenvalue weighted by Crippen LogP contribution is 2.19. The molecular formula is C14H14NO2S. The molecule has 0 aliphatic heterocycles. The topological polar surface area (TPSA) is 46.2 Å². The van der Waals surface area contributed by atoms with Crippen LogP contribution in [0.1, 0.15) is 5.56 Å². The van der Waals surface area contributed by atoms with Crippen molar-refractivity contribution in [1.29, 1.82) is 0 Å². The third-order valence-electron chi connectivity index (χ3n) is 2.51. The van der Waals surface area contributed by atoms with Gasteiger partial charge in [-0.05, 0) is 34.9 Å². The monoisotopic (exact) mass is 260 g/mol. The molecule has 0 fully saturated rings. The Hall–Kier alpha value is -1.65. The summed E-state index contributed by atoms with van der Waals surface area (Å²) in [6, 6.07) is 18.5. The molecule has 0 aliphatic rings. The van der Waals surface area contributed by atoms with Gasteiger partial charge in [0.25, 0.3) is 0 Å². The van der Waals surface area contributed by atoms with E-state index in [9.17, 15) is 8.42 Å². The molecule has 0 aliphatic carbocycles. The summed E-state index contributed by atoms with van der Waals surface area (Å²) in [4.78, 5) is 0. The van der Waals surface area contributed by atoms with E-state index in [-0.39, 0.29) is 0 Å². The fraction of sp³-hybridized carbons (Fsp3) is 0.143. The molecule has 93 valence electrons. The highest BCUT2D eigenvalue weighted by atomic mass is 32.2. The van der Waals surface area contributed by atoms with Crippen LogP contribution in [0.15, 0.2) is 48.5 Å². The van der Waals surface area contributed by atoms with E-state index in [0.717, 1.165) is 22.9 Å². The molecule has 0 bridgehead atoms. The summed E-state index contributed by atoms with van der Waals surface area (Å²) >= 11 is 0. The van der Waals surface area contributed by atoms with Gasteiger partial charge in [-0.1, -0.05) is 36.4 Å². The van der Waals surface area contributed by atoms with Crippen LogP contribution in [-0.2, 0) is 16.6 Å². The summed E-state index contributed by atoms with van der Waals surface area (Å²) in [5.74, 6) is 0. The summed E-state index contributed by atoms with van der Waals surface area (Å²) in [7, 11) is -3.16. The second-order valence-electron chi connectivity index (χ2n) is 4.09. The number of nitrogens with one attached hydrogen (secondary N) is 1. The average Bonchev–Trinajstić information content (AvgIpc) is 2.37. The highest BCUT2D eigenvalue weighted by Gasteiger charge is 2.02. The maximum atomic E-state index is 11.0. The maximum Gasteiger partial charge on any atom is 0.209 e. The van der Waals surface area contributed by atoms with Gasteiger partial charge in [-0.15, -0.1) is 0 Å². The first-order chi connectivity index (χ1) is 8.54. The van der Waals surface area contributed by atoms with Gasteiger partial charge in [0.15, 0.2) is 0 Å². The van der Waals surface area contributed by atoms with Crippen LogP contribution in [0.5, 0.6) is 0 Å². The Morgan fingerprint density at radius 1 is 1.17 bits per heavy atom. The Morgan fingerprint density at radius 2 is 1.94 bits per heavy atom. The average molecular weight is 260 g/mol. The first kappa shape index (κ1) is 12.8. The lowest BCUT2D eigenvalue weighted by Crippen LogP contribution is -2.21. The van der Waals surface area contributed by atoms with Crippen molar-refractivity contribution in [3.8, 4) is 11.1 Å². The molecule has 0 heterocycles. The minimum Gasteiger partial charge on any atom is -0.213 e. The third kappa shape index (κ3) is 3.68. The summed E-state index contributed by atoms with van der Waals surface area (Å²) < 4.78 is 24.6. The standard InChI is InChI=1S/C14H14NO2S/c1-18(16,17)15-11-12-6-5-9-14(10-12)13-7-3-2-4-8-13/h2-3,5-10,15H,11H2,1H3. The van der Waals surface area contributed by atoms with Crippen molar-refractivity contribution in [3.05, 3.63) is 60.2 Å². The van der Waals surface area contributed by atoms with Crippen LogP contribution in [-0.4, -0.2) is 14.7 Å². The fourth-order valence-corrected chi connectivity index (χ4v) is 2.08. The Balaban J connectivity index is 2.21. The van der Waals surface area contributed by atoms with E-state index in [2.05, 4.69) is 10.8 Å². The minimum absolute atomic E-state index is 0.309. The molecule has 1 radical (unpaired) electrons. The van der Waals surface area contributed by atoms with Gasteiger partial charge < -0.3 is 0 Å². The third-order valence-corrected chi connectivity index (χ3v) is 3.17. The van der Waals surface area contributed by atoms with Crippen molar-refractivity contribution in [3.63, 3.8) is 0 Å². The van der Waals surface area contributed by atoms with Gasteiger partial charge in [0.2, 0.25) is 10.0 Å². The van der Waals surface area contributed by atoms with Crippen molar-refractivity contribution in [2.45, 2.75) is 6.54 Å². The van der Waals surface area contributed by atoms with Gasteiger partial charge >= 0.3 is 0 Å². The van der Waals surface area contributed by atoms with Gasteiger partial charge in [0, 0.05) is 6.54 Å². The Bertz CT molecular complexity index is 621. The zero-order chi connectivity index (χ0) is 13.0. The van der Waals surface area contributed by atoms with Gasteiger partial charge in [-0.25, -0.2) is 13.1 Å². The van der Waals surface area contributed by atoms with E-state index < -0.39 is 10.0 Å². The van der Waals surface area contributed by atoms with Crippen LogP contribution in [0.4, 0.5) is 0 Å². The molecule has 0 unspecified atom stereocenters. The second kappa shape index (κ2) is 5.33. The molecule has 2 aromatic rings. The molecule has 0 saturated carbocycles. The molecular weight excluding hydrogens is 246 g/mol. The van der Waals surface area contributed by atoms with Crippen LogP contribution in [0.2, 0.25) is 0 Å². The number of hydrogen-bond acceptors (Lipinski definition) is 2. The van der Waals surface area contributed by atoms with Crippen LogP contribution >= 0.6 is 0 Å². The molecule has 2 aromatic carbocycles. The SMILES string of the molecule is CS(=O)(=O)NCc1cccc(-c2c[c]ccc2)c1. The summed E-state index contributed by atoms with van der Waals surface area (Å²) in [5, 5.41) is 0. The van der Waals surface area contributed by atoms with Crippen molar-refractivity contribution in [2.24, 2.45) is 0 Å². The van der Waals surface area contributed by atoms with Crippen LogP contribution in [0.25, 0.3) is 11.1 Å². The largest absolute Gasteiger partial charge is 0.213 e. The molecule has 0 saturated heterocycles. The van der Waals surface area contributed by atoms with E-state index in [1.807, 2.05) is 48.5 Å². The summed E-state index contributed by atoms with van der Waals surface area (Å²) in [6.07, 6.45) is 1.16. The Morgan fingerprint density at radius 3 is 2.61 bits per heavy atom. The highest BCUT2D eigenvalue weighted by molar-refractivity contribution is 7.88. The molecule has 0 amide bonds. The fourth-order valence-electron chi connectivity index (χ4n) is 1.65. The minimum atomic E-state index is -3.16. The lowest BCUT2D eigenvalue weighted by Gasteiger charge is -2.06. The molecule has 0 spiro atoms. The Labute approximate surface area is 108 Å². The maximum absolute atomic E-state index is 11.0. The first-order valence-electron chi connectivity index (χ1n) is 5.55. The van der Waals surface area contributed by atoms with E-state index in [1.165, 1.54) is 0 Å². The second-order valence-corrected chi connectivity index (χ2v) is 5.92. The van der Waals surface area contributed by atoms with Gasteiger partial charge in [0.05, 0.1) is 6.26 Å². The van der Waals surface area contributed by atoms with E-state index >= 15 is 0 Å². The number of rotatable bonds is 4. The molecule has 4 heteroatoms.